The average Bonchev–Trinajstić information content (AvgIpc) is 2.10. The zero-order valence-corrected chi connectivity index (χ0v) is 12.4. The first-order valence-electron chi connectivity index (χ1n) is 3.52. The van der Waals surface area contributed by atoms with Crippen LogP contribution < -0.4 is 0 Å². The van der Waals surface area contributed by atoms with Crippen LogP contribution in [0.1, 0.15) is 0 Å². The Kier molecular flexibility index (Phi) is 6.75. The average molecular weight is 372 g/mol. The van der Waals surface area contributed by atoms with Crippen LogP contribution in [0.2, 0.25) is 0 Å². The van der Waals surface area contributed by atoms with Crippen molar-refractivity contribution in [3.63, 3.8) is 0 Å². The third kappa shape index (κ3) is 7.19. The molecule has 0 aliphatic heterocycles. The molecule has 0 fully saturated rings. The van der Waals surface area contributed by atoms with Gasteiger partial charge < -0.3 is 0 Å². The van der Waals surface area contributed by atoms with Gasteiger partial charge >= 0.3 is 10.4 Å². The SMILES string of the molecule is O=[SH](=O)OCC(Cl)(Cl)C(Cl)(Cl)COS(=O)(=O)O. The van der Waals surface area contributed by atoms with E-state index in [0.29, 0.717) is 0 Å². The zero-order chi connectivity index (χ0) is 13.9. The van der Waals surface area contributed by atoms with Crippen molar-refractivity contribution in [1.29, 1.82) is 0 Å². The Morgan fingerprint density at radius 1 is 1.06 bits per heavy atom. The quantitative estimate of drug-likeness (QED) is 0.385. The minimum absolute atomic E-state index is 0.837. The molecule has 0 radical (unpaired) electrons. The highest BCUT2D eigenvalue weighted by molar-refractivity contribution is 7.80. The summed E-state index contributed by atoms with van der Waals surface area (Å²) in [6.07, 6.45) is 0. The normalized spacial score (nSPS) is 14.2. The smallest absolute Gasteiger partial charge is 0.269 e. The van der Waals surface area contributed by atoms with Crippen LogP contribution >= 0.6 is 46.4 Å². The maximum atomic E-state index is 10.3. The van der Waals surface area contributed by atoms with E-state index in [0.717, 1.165) is 0 Å². The molecule has 0 aliphatic rings. The van der Waals surface area contributed by atoms with E-state index < -0.39 is 43.3 Å². The maximum Gasteiger partial charge on any atom is 0.397 e. The largest absolute Gasteiger partial charge is 0.397 e. The molecule has 0 atom stereocenters. The highest BCUT2D eigenvalue weighted by atomic mass is 35.5. The van der Waals surface area contributed by atoms with E-state index >= 15 is 0 Å². The molecular weight excluding hydrogens is 366 g/mol. The fraction of sp³-hybridized carbons (Fsp3) is 1.00. The van der Waals surface area contributed by atoms with Crippen LogP contribution in [-0.4, -0.2) is 43.3 Å². The molecule has 0 saturated carbocycles. The summed E-state index contributed by atoms with van der Waals surface area (Å²) in [5.74, 6) is 0. The van der Waals surface area contributed by atoms with Gasteiger partial charge in [-0.05, 0) is 0 Å². The number of hydrogen-bond donors (Lipinski definition) is 2. The van der Waals surface area contributed by atoms with Gasteiger partial charge in [-0.2, -0.15) is 8.42 Å². The summed E-state index contributed by atoms with van der Waals surface area (Å²) < 4.78 is 52.6. The van der Waals surface area contributed by atoms with E-state index in [2.05, 4.69) is 8.37 Å². The van der Waals surface area contributed by atoms with Crippen LogP contribution in [0.15, 0.2) is 0 Å². The molecule has 0 aromatic heterocycles. The molecule has 104 valence electrons. The summed E-state index contributed by atoms with van der Waals surface area (Å²) in [7, 11) is -8.03. The van der Waals surface area contributed by atoms with Crippen LogP contribution in [0.3, 0.4) is 0 Å². The number of alkyl halides is 4. The van der Waals surface area contributed by atoms with Crippen molar-refractivity contribution in [1.82, 2.24) is 0 Å². The van der Waals surface area contributed by atoms with Crippen LogP contribution in [0.4, 0.5) is 0 Å². The maximum absolute atomic E-state index is 10.3. The molecule has 0 unspecified atom stereocenters. The zero-order valence-electron chi connectivity index (χ0n) is 7.68. The molecule has 0 heterocycles. The van der Waals surface area contributed by atoms with Crippen molar-refractivity contribution in [2.45, 2.75) is 8.67 Å². The summed E-state index contributed by atoms with van der Waals surface area (Å²) >= 11 is 22.2. The van der Waals surface area contributed by atoms with Crippen molar-refractivity contribution < 1.29 is 29.8 Å². The third-order valence-electron chi connectivity index (χ3n) is 1.28. The Morgan fingerprint density at radius 2 is 1.47 bits per heavy atom. The summed E-state index contributed by atoms with van der Waals surface area (Å²) in [4.78, 5) is 0. The van der Waals surface area contributed by atoms with Crippen LogP contribution in [0.5, 0.6) is 0 Å². The standard InChI is InChI=1S/C4H6Cl4O7S2/c5-3(6,1-14-16(9)10)4(7,8)2-15-17(11,12)13/h16H,1-2H2,(H,11,12,13). The van der Waals surface area contributed by atoms with E-state index in [4.69, 9.17) is 51.0 Å². The lowest BCUT2D eigenvalue weighted by Gasteiger charge is -2.30. The van der Waals surface area contributed by atoms with Crippen molar-refractivity contribution in [3.05, 3.63) is 0 Å². The van der Waals surface area contributed by atoms with Gasteiger partial charge in [-0.15, -0.1) is 0 Å². The Bertz CT molecular complexity index is 419. The van der Waals surface area contributed by atoms with Crippen LogP contribution in [0, 0.1) is 0 Å². The third-order valence-corrected chi connectivity index (χ3v) is 4.14. The number of rotatable bonds is 7. The second-order valence-corrected chi connectivity index (χ2v) is 7.36. The lowest BCUT2D eigenvalue weighted by atomic mass is 10.3. The van der Waals surface area contributed by atoms with E-state index in [1.165, 1.54) is 0 Å². The molecule has 0 saturated heterocycles. The first-order valence-corrected chi connectivity index (χ1v) is 7.49. The first kappa shape index (κ1) is 17.9. The predicted molar refractivity (Wildman–Crippen MR) is 62.6 cm³/mol. The molecule has 7 nitrogen and oxygen atoms in total. The van der Waals surface area contributed by atoms with Gasteiger partial charge in [0.05, 0.1) is 0 Å². The fourth-order valence-corrected chi connectivity index (χ4v) is 1.84. The molecule has 0 rings (SSSR count). The minimum atomic E-state index is -4.80. The van der Waals surface area contributed by atoms with Crippen molar-refractivity contribution >= 4 is 67.8 Å². The molecule has 17 heavy (non-hydrogen) atoms. The van der Waals surface area contributed by atoms with Crippen molar-refractivity contribution in [2.24, 2.45) is 0 Å². The highest BCUT2D eigenvalue weighted by Crippen LogP contribution is 2.43. The van der Waals surface area contributed by atoms with Gasteiger partial charge in [0.15, 0.2) is 8.67 Å². The van der Waals surface area contributed by atoms with E-state index in [1.807, 2.05) is 0 Å². The Balaban J connectivity index is 4.65. The predicted octanol–water partition coefficient (Wildman–Crippen LogP) is 0.697. The van der Waals surface area contributed by atoms with E-state index in [9.17, 15) is 16.8 Å². The lowest BCUT2D eigenvalue weighted by molar-refractivity contribution is 0.233. The molecule has 13 heteroatoms. The van der Waals surface area contributed by atoms with Gasteiger partial charge in [-0.25, -0.2) is 12.6 Å². The Morgan fingerprint density at radius 3 is 1.82 bits per heavy atom. The van der Waals surface area contributed by atoms with Crippen molar-refractivity contribution in [2.75, 3.05) is 13.2 Å². The van der Waals surface area contributed by atoms with Gasteiger partial charge in [-0.3, -0.25) is 8.74 Å². The van der Waals surface area contributed by atoms with Crippen molar-refractivity contribution in [3.8, 4) is 0 Å². The summed E-state index contributed by atoms with van der Waals surface area (Å²) in [6, 6.07) is 0. The molecular formula is C4H6Cl4O7S2. The van der Waals surface area contributed by atoms with Crippen LogP contribution in [0.25, 0.3) is 0 Å². The van der Waals surface area contributed by atoms with Crippen LogP contribution in [-0.2, 0) is 29.8 Å². The van der Waals surface area contributed by atoms with Gasteiger partial charge in [0.2, 0.25) is 0 Å². The van der Waals surface area contributed by atoms with Gasteiger partial charge in [0.25, 0.3) is 11.0 Å². The Labute approximate surface area is 119 Å². The molecule has 1 N–H and O–H groups in total. The number of thiol groups is 1. The highest BCUT2D eigenvalue weighted by Gasteiger charge is 2.49. The van der Waals surface area contributed by atoms with E-state index in [-0.39, 0.29) is 0 Å². The molecule has 0 aromatic rings. The lowest BCUT2D eigenvalue weighted by Crippen LogP contribution is -2.44. The van der Waals surface area contributed by atoms with E-state index in [1.54, 1.807) is 0 Å². The second-order valence-electron chi connectivity index (χ2n) is 2.60. The second kappa shape index (κ2) is 6.40. The molecule has 0 spiro atoms. The molecule has 0 aromatic carbocycles. The van der Waals surface area contributed by atoms with Gasteiger partial charge in [0.1, 0.15) is 13.2 Å². The van der Waals surface area contributed by atoms with Gasteiger partial charge in [-0.1, -0.05) is 46.4 Å². The number of hydrogen-bond acceptors (Lipinski definition) is 6. The first-order chi connectivity index (χ1) is 7.37. The summed E-state index contributed by atoms with van der Waals surface area (Å²) in [5.41, 5.74) is 0. The monoisotopic (exact) mass is 370 g/mol. The fourth-order valence-electron chi connectivity index (χ4n) is 0.493. The molecule has 0 amide bonds. The van der Waals surface area contributed by atoms with Gasteiger partial charge in [0, 0.05) is 0 Å². The molecule has 0 aliphatic carbocycles. The summed E-state index contributed by atoms with van der Waals surface area (Å²) in [5, 5.41) is 0. The topological polar surface area (TPSA) is 107 Å². The Hall–Kier alpha value is 0.940. The number of halogens is 4. The summed E-state index contributed by atoms with van der Waals surface area (Å²) in [6.45, 7) is -1.85. The molecule has 0 bridgehead atoms. The minimum Gasteiger partial charge on any atom is -0.269 e.